The van der Waals surface area contributed by atoms with Crippen molar-refractivity contribution in [1.29, 1.82) is 0 Å². The zero-order valence-electron chi connectivity index (χ0n) is 10.4. The molecule has 0 fully saturated rings. The van der Waals surface area contributed by atoms with E-state index in [1.165, 1.54) is 0 Å². The molecule has 1 heterocycles. The molecule has 1 aromatic carbocycles. The van der Waals surface area contributed by atoms with Crippen LogP contribution in [-0.2, 0) is 20.8 Å². The molecule has 0 spiro atoms. The summed E-state index contributed by atoms with van der Waals surface area (Å²) in [6.07, 6.45) is 1.93. The second-order valence-corrected chi connectivity index (χ2v) is 4.15. The fourth-order valence-electron chi connectivity index (χ4n) is 1.77. The topological polar surface area (TPSA) is 47.9 Å². The lowest BCUT2D eigenvalue weighted by atomic mass is 10.1. The minimum Gasteiger partial charge on any atom is -0.386 e. The number of hydrogen-bond donors (Lipinski definition) is 1. The van der Waals surface area contributed by atoms with E-state index in [2.05, 4.69) is 0 Å². The van der Waals surface area contributed by atoms with Crippen LogP contribution in [0.15, 0.2) is 42.5 Å². The summed E-state index contributed by atoms with van der Waals surface area (Å²) in [6.45, 7) is 0.842. The molecule has 1 aliphatic rings. The lowest BCUT2D eigenvalue weighted by molar-refractivity contribution is -0.175. The molecule has 1 aliphatic heterocycles. The first kappa shape index (κ1) is 13.2. The Morgan fingerprint density at radius 1 is 1.22 bits per heavy atom. The molecule has 0 aromatic heterocycles. The van der Waals surface area contributed by atoms with Gasteiger partial charge >= 0.3 is 0 Å². The Morgan fingerprint density at radius 2 is 2.00 bits per heavy atom. The summed E-state index contributed by atoms with van der Waals surface area (Å²) in [7, 11) is 1.56. The fourth-order valence-corrected chi connectivity index (χ4v) is 1.77. The third-order valence-corrected chi connectivity index (χ3v) is 2.78. The van der Waals surface area contributed by atoms with Crippen molar-refractivity contribution in [2.24, 2.45) is 0 Å². The highest BCUT2D eigenvalue weighted by Crippen LogP contribution is 2.14. The standard InChI is InChI=1S/C14H18O4/c1-16-14-8-7-12(15)13(18-14)10-17-9-11-5-3-2-4-6-11/h2-8,12-15H,9-10H2,1H3/t12-,13-,14-/m1/s1. The Balaban J connectivity index is 1.78. The zero-order valence-corrected chi connectivity index (χ0v) is 10.4. The van der Waals surface area contributed by atoms with E-state index in [0.29, 0.717) is 13.2 Å². The van der Waals surface area contributed by atoms with Gasteiger partial charge in [-0.15, -0.1) is 0 Å². The monoisotopic (exact) mass is 250 g/mol. The van der Waals surface area contributed by atoms with Gasteiger partial charge in [0.15, 0.2) is 6.29 Å². The van der Waals surface area contributed by atoms with E-state index >= 15 is 0 Å². The van der Waals surface area contributed by atoms with Crippen molar-refractivity contribution < 1.29 is 19.3 Å². The number of ether oxygens (including phenoxy) is 3. The van der Waals surface area contributed by atoms with Crippen molar-refractivity contribution in [2.45, 2.75) is 25.1 Å². The van der Waals surface area contributed by atoms with Crippen molar-refractivity contribution in [1.82, 2.24) is 0 Å². The number of aliphatic hydroxyl groups excluding tert-OH is 1. The molecule has 0 saturated carbocycles. The summed E-state index contributed by atoms with van der Waals surface area (Å²) < 4.78 is 16.1. The molecule has 4 heteroatoms. The van der Waals surface area contributed by atoms with Gasteiger partial charge < -0.3 is 19.3 Å². The van der Waals surface area contributed by atoms with Crippen molar-refractivity contribution in [3.8, 4) is 0 Å². The highest BCUT2D eigenvalue weighted by molar-refractivity contribution is 5.13. The minimum absolute atomic E-state index is 0.334. The second-order valence-electron chi connectivity index (χ2n) is 4.15. The van der Waals surface area contributed by atoms with Crippen LogP contribution >= 0.6 is 0 Å². The van der Waals surface area contributed by atoms with Gasteiger partial charge in [0, 0.05) is 7.11 Å². The number of benzene rings is 1. The number of methoxy groups -OCH3 is 1. The first-order chi connectivity index (χ1) is 8.79. The molecule has 4 nitrogen and oxygen atoms in total. The van der Waals surface area contributed by atoms with Crippen molar-refractivity contribution in [2.75, 3.05) is 13.7 Å². The number of rotatable bonds is 5. The highest BCUT2D eigenvalue weighted by atomic mass is 16.7. The average molecular weight is 250 g/mol. The second kappa shape index (κ2) is 6.66. The van der Waals surface area contributed by atoms with Gasteiger partial charge in [0.05, 0.1) is 13.2 Å². The third kappa shape index (κ3) is 3.65. The maximum atomic E-state index is 9.73. The summed E-state index contributed by atoms with van der Waals surface area (Å²) >= 11 is 0. The largest absolute Gasteiger partial charge is 0.386 e. The summed E-state index contributed by atoms with van der Waals surface area (Å²) in [4.78, 5) is 0. The molecular formula is C14H18O4. The SMILES string of the molecule is CO[C@H]1C=C[C@@H](O)[C@@H](COCc2ccccc2)O1. The Labute approximate surface area is 107 Å². The van der Waals surface area contributed by atoms with Crippen LogP contribution < -0.4 is 0 Å². The first-order valence-corrected chi connectivity index (χ1v) is 5.96. The normalized spacial score (nSPS) is 27.3. The predicted octanol–water partition coefficient (Wildman–Crippen LogP) is 1.49. The van der Waals surface area contributed by atoms with Gasteiger partial charge in [-0.1, -0.05) is 36.4 Å². The van der Waals surface area contributed by atoms with Crippen molar-refractivity contribution >= 4 is 0 Å². The molecule has 1 N–H and O–H groups in total. The average Bonchev–Trinajstić information content (AvgIpc) is 2.42. The van der Waals surface area contributed by atoms with Gasteiger partial charge in [-0.3, -0.25) is 0 Å². The maximum absolute atomic E-state index is 9.73. The van der Waals surface area contributed by atoms with E-state index in [4.69, 9.17) is 14.2 Å². The van der Waals surface area contributed by atoms with Crippen LogP contribution in [0.2, 0.25) is 0 Å². The van der Waals surface area contributed by atoms with Crippen LogP contribution in [0.25, 0.3) is 0 Å². The van der Waals surface area contributed by atoms with E-state index in [9.17, 15) is 5.11 Å². The molecule has 0 unspecified atom stereocenters. The molecule has 98 valence electrons. The summed E-state index contributed by atoms with van der Waals surface area (Å²) in [5.74, 6) is 0. The molecule has 0 bridgehead atoms. The minimum atomic E-state index is -0.646. The fraction of sp³-hybridized carbons (Fsp3) is 0.429. The van der Waals surface area contributed by atoms with Gasteiger partial charge in [-0.05, 0) is 11.6 Å². The Morgan fingerprint density at radius 3 is 2.72 bits per heavy atom. The van der Waals surface area contributed by atoms with Crippen molar-refractivity contribution in [3.63, 3.8) is 0 Å². The molecule has 0 aliphatic carbocycles. The van der Waals surface area contributed by atoms with Gasteiger partial charge in [-0.25, -0.2) is 0 Å². The van der Waals surface area contributed by atoms with Crippen molar-refractivity contribution in [3.05, 3.63) is 48.0 Å². The Hall–Kier alpha value is -1.20. The molecule has 18 heavy (non-hydrogen) atoms. The lowest BCUT2D eigenvalue weighted by Crippen LogP contribution is -2.39. The maximum Gasteiger partial charge on any atom is 0.177 e. The summed E-state index contributed by atoms with van der Waals surface area (Å²) in [5, 5.41) is 9.73. The van der Waals surface area contributed by atoms with E-state index in [-0.39, 0.29) is 6.10 Å². The van der Waals surface area contributed by atoms with Crippen LogP contribution in [0.5, 0.6) is 0 Å². The van der Waals surface area contributed by atoms with Gasteiger partial charge in [0.25, 0.3) is 0 Å². The van der Waals surface area contributed by atoms with Crippen LogP contribution in [0.3, 0.4) is 0 Å². The number of hydrogen-bond acceptors (Lipinski definition) is 4. The predicted molar refractivity (Wildman–Crippen MR) is 66.9 cm³/mol. The van der Waals surface area contributed by atoms with E-state index < -0.39 is 12.4 Å². The van der Waals surface area contributed by atoms with Crippen LogP contribution in [0.1, 0.15) is 5.56 Å². The van der Waals surface area contributed by atoms with Crippen LogP contribution in [0.4, 0.5) is 0 Å². The van der Waals surface area contributed by atoms with Crippen LogP contribution in [-0.4, -0.2) is 37.3 Å². The molecular weight excluding hydrogens is 232 g/mol. The molecule has 1 aromatic rings. The first-order valence-electron chi connectivity index (χ1n) is 5.96. The molecule has 0 amide bonds. The van der Waals surface area contributed by atoms with E-state index in [1.54, 1.807) is 19.3 Å². The quantitative estimate of drug-likeness (QED) is 0.804. The molecule has 2 rings (SSSR count). The number of aliphatic hydroxyl groups is 1. The molecule has 0 saturated heterocycles. The molecule has 0 radical (unpaired) electrons. The molecule has 3 atom stereocenters. The third-order valence-electron chi connectivity index (χ3n) is 2.78. The Kier molecular flexibility index (Phi) is 4.90. The smallest absolute Gasteiger partial charge is 0.177 e. The summed E-state index contributed by atoms with van der Waals surface area (Å²) in [5.41, 5.74) is 1.10. The Bertz CT molecular complexity index is 377. The van der Waals surface area contributed by atoms with Crippen LogP contribution in [0, 0.1) is 0 Å². The zero-order chi connectivity index (χ0) is 12.8. The highest BCUT2D eigenvalue weighted by Gasteiger charge is 2.25. The van der Waals surface area contributed by atoms with E-state index in [1.807, 2.05) is 30.3 Å². The van der Waals surface area contributed by atoms with Gasteiger partial charge in [0.1, 0.15) is 12.2 Å². The van der Waals surface area contributed by atoms with Gasteiger partial charge in [0.2, 0.25) is 0 Å². The van der Waals surface area contributed by atoms with E-state index in [0.717, 1.165) is 5.56 Å². The van der Waals surface area contributed by atoms with Gasteiger partial charge in [-0.2, -0.15) is 0 Å². The summed E-state index contributed by atoms with van der Waals surface area (Å²) in [6, 6.07) is 9.89. The lowest BCUT2D eigenvalue weighted by Gasteiger charge is -2.28.